The first kappa shape index (κ1) is 49.2. The molecule has 0 bridgehead atoms. The highest BCUT2D eigenvalue weighted by molar-refractivity contribution is 5.90. The fourth-order valence-corrected chi connectivity index (χ4v) is 12.1. The number of carboxylic acids is 1. The van der Waals surface area contributed by atoms with Crippen LogP contribution >= 0.6 is 0 Å². The number of carbonyl (C=O) groups is 3. The second kappa shape index (κ2) is 18.9. The van der Waals surface area contributed by atoms with E-state index in [1.165, 1.54) is 38.3 Å². The number of hydrogen-bond acceptors (Lipinski definition) is 16. The topological polar surface area (TPSA) is 286 Å². The Morgan fingerprint density at radius 2 is 1.67 bits per heavy atom. The number of nitrogens with two attached hydrogens (primary N) is 1. The van der Waals surface area contributed by atoms with E-state index >= 15 is 0 Å². The Morgan fingerprint density at radius 1 is 0.968 bits per heavy atom. The molecule has 0 radical (unpaired) electrons. The molecule has 0 unspecified atom stereocenters. The summed E-state index contributed by atoms with van der Waals surface area (Å²) in [6.07, 6.45) is -11.0. The van der Waals surface area contributed by atoms with Crippen molar-refractivity contribution in [1.29, 1.82) is 0 Å². The molecule has 2 saturated heterocycles. The van der Waals surface area contributed by atoms with Crippen LogP contribution in [0.5, 0.6) is 5.75 Å². The summed E-state index contributed by atoms with van der Waals surface area (Å²) in [5.41, 5.74) is 5.77. The van der Waals surface area contributed by atoms with Gasteiger partial charge in [-0.3, -0.25) is 9.59 Å². The molecule has 2 heterocycles. The lowest BCUT2D eigenvalue weighted by Crippen LogP contribution is -2.68. The van der Waals surface area contributed by atoms with Crippen molar-refractivity contribution in [1.82, 2.24) is 5.32 Å². The fraction of sp³-hybridized carbons (Fsp3) is 0.756. The van der Waals surface area contributed by atoms with Crippen LogP contribution in [0.2, 0.25) is 0 Å². The summed E-state index contributed by atoms with van der Waals surface area (Å²) >= 11 is 0. The van der Waals surface area contributed by atoms with Crippen LogP contribution in [0.25, 0.3) is 0 Å². The third-order valence-electron chi connectivity index (χ3n) is 15.4. The molecule has 2 aliphatic heterocycles. The minimum absolute atomic E-state index is 0.0231. The highest BCUT2D eigenvalue weighted by Crippen LogP contribution is 2.69. The molecule has 1 amide bonds. The molecular weight excluding hydrogens is 824 g/mol. The standard InChI is InChI=1S/C45H68N2O16/c1-20-12-13-30-44(6,25(20)17-26(58-8)31(46)39(55)56)15-14-29-43(4,5)38(54)27(18-45(29,30)7)60-42-35(53)37(36(21(2)59-42)62-40(57)23-10-9-11-24(50)16-23)63-41-32(47-22(3)49)34(52)33(51)28(19-48)61-41/h9-12,16,21,25-38,41-42,48,50-54H,13-15,17-19,46H2,1-8H3,(H,47,49)(H,55,56)/t21-,25-,26-,27-,28+,29+,30-,31-,32+,33+,34+,35+,36-,37-,38+,41-,42-,44-,45+/m0/s1. The van der Waals surface area contributed by atoms with Crippen molar-refractivity contribution in [2.75, 3.05) is 13.7 Å². The average molecular weight is 893 g/mol. The average Bonchev–Trinajstić information content (AvgIpc) is 3.21. The van der Waals surface area contributed by atoms with Crippen molar-refractivity contribution in [2.24, 2.45) is 39.7 Å². The largest absolute Gasteiger partial charge is 0.508 e. The summed E-state index contributed by atoms with van der Waals surface area (Å²) in [4.78, 5) is 37.8. The van der Waals surface area contributed by atoms with Crippen LogP contribution in [0.3, 0.4) is 0 Å². The molecule has 2 saturated carbocycles. The molecule has 5 aliphatic rings. The zero-order valence-electron chi connectivity index (χ0n) is 37.3. The predicted molar refractivity (Wildman–Crippen MR) is 222 cm³/mol. The molecular formula is C45H68N2O16. The molecule has 10 N–H and O–H groups in total. The number of phenols is 1. The maximum absolute atomic E-state index is 13.5. The number of aliphatic carboxylic acids is 1. The first-order valence-electron chi connectivity index (χ1n) is 21.9. The Balaban J connectivity index is 1.32. The number of allylic oxidation sites excluding steroid dienone is 2. The minimum Gasteiger partial charge on any atom is -0.508 e. The Hall–Kier alpha value is -3.27. The third-order valence-corrected chi connectivity index (χ3v) is 15.4. The molecule has 0 spiro atoms. The lowest BCUT2D eigenvalue weighted by atomic mass is 9.39. The van der Waals surface area contributed by atoms with Crippen LogP contribution in [0, 0.1) is 34.0 Å². The van der Waals surface area contributed by atoms with Gasteiger partial charge in [-0.05, 0) is 98.1 Å². The third kappa shape index (κ3) is 9.28. The van der Waals surface area contributed by atoms with Gasteiger partial charge in [0.15, 0.2) is 18.7 Å². The van der Waals surface area contributed by atoms with Gasteiger partial charge in [0.05, 0.1) is 36.6 Å². The van der Waals surface area contributed by atoms with Gasteiger partial charge in [0, 0.05) is 14.0 Å². The van der Waals surface area contributed by atoms with E-state index in [-0.39, 0.29) is 34.5 Å². The molecule has 1 aromatic rings. The number of amides is 1. The zero-order chi connectivity index (χ0) is 46.5. The van der Waals surface area contributed by atoms with Crippen molar-refractivity contribution < 1.29 is 78.6 Å². The molecule has 19 atom stereocenters. The highest BCUT2D eigenvalue weighted by Gasteiger charge is 2.65. The number of phenolic OH excluding ortho intramolecular Hbond substituents is 1. The number of fused-ring (bicyclic) bond motifs is 3. The summed E-state index contributed by atoms with van der Waals surface area (Å²) < 4.78 is 36.7. The van der Waals surface area contributed by atoms with Crippen LogP contribution in [-0.4, -0.2) is 153 Å². The smallest absolute Gasteiger partial charge is 0.338 e. The van der Waals surface area contributed by atoms with E-state index in [1.54, 1.807) is 6.92 Å². The van der Waals surface area contributed by atoms with E-state index < -0.39 is 121 Å². The molecule has 0 aromatic heterocycles. The van der Waals surface area contributed by atoms with Crippen LogP contribution in [0.4, 0.5) is 0 Å². The Bertz CT molecular complexity index is 1850. The van der Waals surface area contributed by atoms with Gasteiger partial charge in [-0.1, -0.05) is 45.4 Å². The number of aliphatic hydroxyl groups excluding tert-OH is 5. The normalized spacial score (nSPS) is 42.1. The number of benzene rings is 1. The van der Waals surface area contributed by atoms with E-state index in [0.29, 0.717) is 12.8 Å². The number of aromatic hydroxyl groups is 1. The second-order valence-corrected chi connectivity index (χ2v) is 19.6. The van der Waals surface area contributed by atoms with E-state index in [9.17, 15) is 50.1 Å². The van der Waals surface area contributed by atoms with Crippen molar-refractivity contribution in [3.63, 3.8) is 0 Å². The van der Waals surface area contributed by atoms with Crippen molar-refractivity contribution in [2.45, 2.75) is 166 Å². The summed E-state index contributed by atoms with van der Waals surface area (Å²) in [6.45, 7) is 12.6. The summed E-state index contributed by atoms with van der Waals surface area (Å²) in [7, 11) is 1.48. The molecule has 6 rings (SSSR count). The van der Waals surface area contributed by atoms with Crippen LogP contribution in [0.1, 0.15) is 90.9 Å². The first-order valence-corrected chi connectivity index (χ1v) is 21.9. The van der Waals surface area contributed by atoms with Crippen molar-refractivity contribution in [3.05, 3.63) is 41.5 Å². The zero-order valence-corrected chi connectivity index (χ0v) is 37.3. The number of carboxylic acid groups (broad SMARTS) is 1. The summed E-state index contributed by atoms with van der Waals surface area (Å²) in [5.74, 6) is -2.82. The van der Waals surface area contributed by atoms with E-state index in [4.69, 9.17) is 34.2 Å². The maximum atomic E-state index is 13.5. The molecule has 3 aliphatic carbocycles. The second-order valence-electron chi connectivity index (χ2n) is 19.6. The molecule has 63 heavy (non-hydrogen) atoms. The summed E-state index contributed by atoms with van der Waals surface area (Å²) in [6, 6.07) is 2.80. The molecule has 4 fully saturated rings. The maximum Gasteiger partial charge on any atom is 0.338 e. The number of ether oxygens (including phenoxy) is 6. The number of hydrogen-bond donors (Lipinski definition) is 9. The van der Waals surface area contributed by atoms with Crippen LogP contribution < -0.4 is 11.1 Å². The molecule has 354 valence electrons. The van der Waals surface area contributed by atoms with Gasteiger partial charge >= 0.3 is 11.9 Å². The molecule has 18 heteroatoms. The van der Waals surface area contributed by atoms with E-state index in [1.807, 2.05) is 13.8 Å². The van der Waals surface area contributed by atoms with Gasteiger partial charge in [0.2, 0.25) is 5.91 Å². The number of carbonyl (C=O) groups excluding carboxylic acids is 2. The van der Waals surface area contributed by atoms with Crippen molar-refractivity contribution >= 4 is 17.8 Å². The van der Waals surface area contributed by atoms with E-state index in [2.05, 4.69) is 32.2 Å². The number of nitrogens with one attached hydrogen (secondary N) is 1. The van der Waals surface area contributed by atoms with Gasteiger partial charge in [-0.2, -0.15) is 0 Å². The van der Waals surface area contributed by atoms with Crippen LogP contribution in [-0.2, 0) is 38.0 Å². The highest BCUT2D eigenvalue weighted by atomic mass is 16.7. The lowest BCUT2D eigenvalue weighted by molar-refractivity contribution is -0.358. The molecule has 1 aromatic carbocycles. The lowest BCUT2D eigenvalue weighted by Gasteiger charge is -2.67. The quantitative estimate of drug-likeness (QED) is 0.0768. The fourth-order valence-electron chi connectivity index (χ4n) is 12.1. The number of rotatable bonds is 13. The van der Waals surface area contributed by atoms with Crippen LogP contribution in [0.15, 0.2) is 35.9 Å². The number of methoxy groups -OCH3 is 1. The van der Waals surface area contributed by atoms with E-state index in [0.717, 1.165) is 24.8 Å². The Kier molecular flexibility index (Phi) is 14.8. The number of aliphatic hydroxyl groups is 5. The van der Waals surface area contributed by atoms with Gasteiger partial charge in [0.25, 0.3) is 0 Å². The Morgan fingerprint density at radius 3 is 2.29 bits per heavy atom. The summed E-state index contributed by atoms with van der Waals surface area (Å²) in [5, 5.41) is 78.6. The SMILES string of the molecule is CO[C@@H](C[C@H]1C(C)=CC[C@@H]2[C@]3(C)C[C@H](O[C@@H]4O[C@@H](C)[C@H](OC(=O)c5cccc(O)c5)[C@@H](O[C@@H]5O[C@H](CO)[C@@H](O)[C@H](O)[C@H]5NC(C)=O)[C@H]4O)[C@@H](O)C(C)(C)[C@H]3CC[C@]21C)[C@H](N)C(=O)O. The predicted octanol–water partition coefficient (Wildman–Crippen LogP) is 1.35. The number of esters is 1. The van der Waals surface area contributed by atoms with Gasteiger partial charge in [-0.25, -0.2) is 4.79 Å². The molecule has 18 nitrogen and oxygen atoms in total. The van der Waals surface area contributed by atoms with Gasteiger partial charge in [-0.15, -0.1) is 0 Å². The minimum atomic E-state index is -1.77. The van der Waals surface area contributed by atoms with Gasteiger partial charge in [0.1, 0.15) is 48.4 Å². The van der Waals surface area contributed by atoms with Gasteiger partial charge < -0.3 is 75.2 Å². The monoisotopic (exact) mass is 892 g/mol. The first-order chi connectivity index (χ1) is 29.5. The Labute approximate surface area is 368 Å². The van der Waals surface area contributed by atoms with Crippen molar-refractivity contribution in [3.8, 4) is 5.75 Å².